The molecule has 1 rings (SSSR count). The van der Waals surface area contributed by atoms with E-state index in [2.05, 4.69) is 10.3 Å². The van der Waals surface area contributed by atoms with Crippen LogP contribution in [0.4, 0.5) is 18.3 Å². The molecule has 0 aliphatic rings. The minimum absolute atomic E-state index is 0.0431. The molecule has 0 saturated carbocycles. The molecule has 8 heteroatoms. The fourth-order valence-electron chi connectivity index (χ4n) is 1.12. The first-order chi connectivity index (χ1) is 7.71. The fraction of sp³-hybridized carbons (Fsp3) is 0.556. The van der Waals surface area contributed by atoms with Crippen LogP contribution in [0.3, 0.4) is 0 Å². The maximum atomic E-state index is 12.3. The highest BCUT2D eigenvalue weighted by Crippen LogP contribution is 2.35. The lowest BCUT2D eigenvalue weighted by Gasteiger charge is -2.16. The summed E-state index contributed by atoms with van der Waals surface area (Å²) >= 11 is 0.392. The molecule has 0 aliphatic heterocycles. The third-order valence-corrected chi connectivity index (χ3v) is 2.97. The van der Waals surface area contributed by atoms with E-state index in [1.54, 1.807) is 13.8 Å². The van der Waals surface area contributed by atoms with E-state index in [9.17, 15) is 18.0 Å². The maximum absolute atomic E-state index is 12.3. The van der Waals surface area contributed by atoms with Crippen LogP contribution in [0.5, 0.6) is 0 Å². The van der Waals surface area contributed by atoms with Gasteiger partial charge in [-0.2, -0.15) is 13.2 Å². The van der Waals surface area contributed by atoms with E-state index < -0.39 is 23.1 Å². The SMILES string of the molecule is CC(C)[C@@H](Nc1ncc(C(F)(F)F)s1)C(=O)O. The first kappa shape index (κ1) is 13.8. The van der Waals surface area contributed by atoms with Gasteiger partial charge >= 0.3 is 12.1 Å². The molecule has 4 nitrogen and oxygen atoms in total. The number of nitrogens with one attached hydrogen (secondary N) is 1. The summed E-state index contributed by atoms with van der Waals surface area (Å²) in [7, 11) is 0. The number of carbonyl (C=O) groups is 1. The fourth-order valence-corrected chi connectivity index (χ4v) is 1.84. The number of carboxylic acids is 1. The number of rotatable bonds is 4. The van der Waals surface area contributed by atoms with Crippen molar-refractivity contribution in [2.75, 3.05) is 5.32 Å². The Morgan fingerprint density at radius 1 is 1.53 bits per heavy atom. The second-order valence-electron chi connectivity index (χ2n) is 3.73. The number of anilines is 1. The Morgan fingerprint density at radius 3 is 2.47 bits per heavy atom. The number of thiazole rings is 1. The topological polar surface area (TPSA) is 62.2 Å². The number of nitrogens with zero attached hydrogens (tertiary/aromatic N) is 1. The van der Waals surface area contributed by atoms with Crippen molar-refractivity contribution in [1.82, 2.24) is 4.98 Å². The normalized spacial score (nSPS) is 13.8. The van der Waals surface area contributed by atoms with Crippen LogP contribution in [0.25, 0.3) is 0 Å². The Morgan fingerprint density at radius 2 is 2.12 bits per heavy atom. The first-order valence-corrected chi connectivity index (χ1v) is 5.56. The zero-order valence-corrected chi connectivity index (χ0v) is 9.89. The molecule has 1 heterocycles. The molecule has 0 fully saturated rings. The molecular formula is C9H11F3N2O2S. The number of aliphatic carboxylic acids is 1. The van der Waals surface area contributed by atoms with Gasteiger partial charge in [0.15, 0.2) is 5.13 Å². The van der Waals surface area contributed by atoms with Crippen LogP contribution in [-0.2, 0) is 11.0 Å². The van der Waals surface area contributed by atoms with Crippen molar-refractivity contribution < 1.29 is 23.1 Å². The molecule has 1 atom stereocenters. The van der Waals surface area contributed by atoms with Gasteiger partial charge in [-0.3, -0.25) is 0 Å². The molecule has 0 radical (unpaired) electrons. The second kappa shape index (κ2) is 4.91. The molecule has 0 saturated heterocycles. The molecule has 96 valence electrons. The van der Waals surface area contributed by atoms with Crippen molar-refractivity contribution in [3.05, 3.63) is 11.1 Å². The maximum Gasteiger partial charge on any atom is 0.427 e. The van der Waals surface area contributed by atoms with Crippen molar-refractivity contribution in [1.29, 1.82) is 0 Å². The van der Waals surface area contributed by atoms with E-state index in [4.69, 9.17) is 5.11 Å². The van der Waals surface area contributed by atoms with Gasteiger partial charge in [-0.05, 0) is 5.92 Å². The van der Waals surface area contributed by atoms with Gasteiger partial charge in [-0.15, -0.1) is 0 Å². The van der Waals surface area contributed by atoms with E-state index >= 15 is 0 Å². The highest BCUT2D eigenvalue weighted by molar-refractivity contribution is 7.15. The van der Waals surface area contributed by atoms with Crippen LogP contribution in [0.15, 0.2) is 6.20 Å². The summed E-state index contributed by atoms with van der Waals surface area (Å²) in [6.07, 6.45) is -3.76. The predicted molar refractivity (Wildman–Crippen MR) is 57.0 cm³/mol. The average molecular weight is 268 g/mol. The molecular weight excluding hydrogens is 257 g/mol. The Kier molecular flexibility index (Phi) is 3.97. The quantitative estimate of drug-likeness (QED) is 0.881. The lowest BCUT2D eigenvalue weighted by molar-refractivity contribution is -0.139. The van der Waals surface area contributed by atoms with Crippen molar-refractivity contribution in [3.8, 4) is 0 Å². The van der Waals surface area contributed by atoms with E-state index in [1.165, 1.54) is 0 Å². The number of hydrogen-bond donors (Lipinski definition) is 2. The van der Waals surface area contributed by atoms with Crippen molar-refractivity contribution in [3.63, 3.8) is 0 Å². The Hall–Kier alpha value is -1.31. The first-order valence-electron chi connectivity index (χ1n) is 4.74. The number of halogens is 3. The molecule has 0 bridgehead atoms. The zero-order valence-electron chi connectivity index (χ0n) is 9.08. The molecule has 0 amide bonds. The number of hydrogen-bond acceptors (Lipinski definition) is 4. The van der Waals surface area contributed by atoms with Crippen LogP contribution in [-0.4, -0.2) is 22.1 Å². The van der Waals surface area contributed by atoms with Crippen LogP contribution in [0.2, 0.25) is 0 Å². The monoisotopic (exact) mass is 268 g/mol. The van der Waals surface area contributed by atoms with Crippen molar-refractivity contribution in [2.45, 2.75) is 26.1 Å². The Balaban J connectivity index is 2.81. The molecule has 0 unspecified atom stereocenters. The van der Waals surface area contributed by atoms with E-state index in [0.29, 0.717) is 17.5 Å². The second-order valence-corrected chi connectivity index (χ2v) is 4.76. The summed E-state index contributed by atoms with van der Waals surface area (Å²) < 4.78 is 36.8. The van der Waals surface area contributed by atoms with E-state index in [-0.39, 0.29) is 11.0 Å². The van der Waals surface area contributed by atoms with Gasteiger partial charge in [-0.25, -0.2) is 9.78 Å². The number of alkyl halides is 3. The van der Waals surface area contributed by atoms with Gasteiger partial charge < -0.3 is 10.4 Å². The average Bonchev–Trinajstić information content (AvgIpc) is 2.60. The molecule has 17 heavy (non-hydrogen) atoms. The van der Waals surface area contributed by atoms with Crippen LogP contribution in [0, 0.1) is 5.92 Å². The van der Waals surface area contributed by atoms with E-state index in [1.807, 2.05) is 0 Å². The lowest BCUT2D eigenvalue weighted by Crippen LogP contribution is -2.34. The van der Waals surface area contributed by atoms with Gasteiger partial charge in [0.25, 0.3) is 0 Å². The minimum Gasteiger partial charge on any atom is -0.480 e. The van der Waals surface area contributed by atoms with Crippen molar-refractivity contribution in [2.24, 2.45) is 5.92 Å². The number of aromatic nitrogens is 1. The molecule has 1 aromatic rings. The van der Waals surface area contributed by atoms with E-state index in [0.717, 1.165) is 0 Å². The minimum atomic E-state index is -4.45. The summed E-state index contributed by atoms with van der Waals surface area (Å²) in [5, 5.41) is 11.3. The number of carboxylic acid groups (broad SMARTS) is 1. The van der Waals surface area contributed by atoms with Gasteiger partial charge in [0.1, 0.15) is 10.9 Å². The Labute approximate surface area is 99.5 Å². The Bertz CT molecular complexity index is 403. The van der Waals surface area contributed by atoms with Crippen molar-refractivity contribution >= 4 is 22.4 Å². The molecule has 0 aromatic carbocycles. The van der Waals surface area contributed by atoms with Gasteiger partial charge in [-0.1, -0.05) is 25.2 Å². The largest absolute Gasteiger partial charge is 0.480 e. The summed E-state index contributed by atoms with van der Waals surface area (Å²) in [5.41, 5.74) is 0. The molecule has 0 spiro atoms. The highest BCUT2D eigenvalue weighted by atomic mass is 32.1. The third kappa shape index (κ3) is 3.58. The molecule has 0 aliphatic carbocycles. The lowest BCUT2D eigenvalue weighted by atomic mass is 10.1. The van der Waals surface area contributed by atoms with Gasteiger partial charge in [0.2, 0.25) is 0 Å². The zero-order chi connectivity index (χ0) is 13.2. The molecule has 1 aromatic heterocycles. The van der Waals surface area contributed by atoms with Gasteiger partial charge in [0, 0.05) is 0 Å². The summed E-state index contributed by atoms with van der Waals surface area (Å²) in [6.45, 7) is 3.31. The van der Waals surface area contributed by atoms with Gasteiger partial charge in [0.05, 0.1) is 6.20 Å². The molecule has 2 N–H and O–H groups in total. The third-order valence-electron chi connectivity index (χ3n) is 2.00. The van der Waals surface area contributed by atoms with Crippen LogP contribution >= 0.6 is 11.3 Å². The van der Waals surface area contributed by atoms with Crippen LogP contribution < -0.4 is 5.32 Å². The highest BCUT2D eigenvalue weighted by Gasteiger charge is 2.34. The smallest absolute Gasteiger partial charge is 0.427 e. The summed E-state index contributed by atoms with van der Waals surface area (Å²) in [4.78, 5) is 13.5. The standard InChI is InChI=1S/C9H11F3N2O2S/c1-4(2)6(7(15)16)14-8-13-3-5(17-8)9(10,11)12/h3-4,6H,1-2H3,(H,13,14)(H,15,16)/t6-/m1/s1. The summed E-state index contributed by atoms with van der Waals surface area (Å²) in [5.74, 6) is -1.38. The predicted octanol–water partition coefficient (Wildman–Crippen LogP) is 2.68. The van der Waals surface area contributed by atoms with Crippen LogP contribution in [0.1, 0.15) is 18.7 Å². The summed E-state index contributed by atoms with van der Waals surface area (Å²) in [6, 6.07) is -0.956.